The van der Waals surface area contributed by atoms with Crippen molar-refractivity contribution in [3.8, 4) is 33.2 Å². The molecular formula is C38H35N5O6S. The molecule has 50 heavy (non-hydrogen) atoms. The molecule has 8 rings (SSSR count). The lowest BCUT2D eigenvalue weighted by atomic mass is 10.0. The van der Waals surface area contributed by atoms with Gasteiger partial charge in [-0.05, 0) is 78.9 Å². The lowest BCUT2D eigenvalue weighted by Crippen LogP contribution is -2.52. The van der Waals surface area contributed by atoms with Crippen molar-refractivity contribution in [3.63, 3.8) is 0 Å². The van der Waals surface area contributed by atoms with Crippen molar-refractivity contribution in [2.75, 3.05) is 31.7 Å². The minimum atomic E-state index is -0.640. The molecule has 1 saturated heterocycles. The third-order valence-electron chi connectivity index (χ3n) is 9.01. The summed E-state index contributed by atoms with van der Waals surface area (Å²) in [5, 5.41) is 6.70. The first kappa shape index (κ1) is 31.9. The van der Waals surface area contributed by atoms with E-state index in [1.54, 1.807) is 23.5 Å². The fourth-order valence-corrected chi connectivity index (χ4v) is 7.19. The topological polar surface area (TPSA) is 132 Å². The maximum absolute atomic E-state index is 12.9. The molecule has 12 heteroatoms. The lowest BCUT2D eigenvalue weighted by molar-refractivity contribution is -0.136. The number of piperidine rings is 1. The van der Waals surface area contributed by atoms with Crippen molar-refractivity contribution < 1.29 is 28.6 Å². The highest BCUT2D eigenvalue weighted by Gasteiger charge is 2.39. The normalized spacial score (nSPS) is 17.2. The summed E-state index contributed by atoms with van der Waals surface area (Å²) < 4.78 is 18.6. The van der Waals surface area contributed by atoms with Gasteiger partial charge in [-0.25, -0.2) is 9.97 Å². The number of fused-ring (bicyclic) bond motifs is 2. The number of nitrogens with zero attached hydrogens (tertiary/aromatic N) is 3. The molecule has 1 aliphatic carbocycles. The van der Waals surface area contributed by atoms with Crippen LogP contribution in [0.15, 0.2) is 79.0 Å². The Morgan fingerprint density at radius 3 is 2.30 bits per heavy atom. The molecular weight excluding hydrogens is 655 g/mol. The molecule has 1 saturated carbocycles. The zero-order chi connectivity index (χ0) is 34.0. The number of ether oxygens (including phenoxy) is 3. The number of anilines is 1. The van der Waals surface area contributed by atoms with Crippen molar-refractivity contribution in [2.24, 2.45) is 0 Å². The van der Waals surface area contributed by atoms with E-state index < -0.39 is 11.9 Å². The number of hydrogen-bond acceptors (Lipinski definition) is 10. The molecule has 3 amide bonds. The van der Waals surface area contributed by atoms with E-state index in [1.807, 2.05) is 36.5 Å². The molecule has 0 radical (unpaired) electrons. The van der Waals surface area contributed by atoms with Crippen molar-refractivity contribution >= 4 is 45.1 Å². The molecule has 3 aromatic carbocycles. The summed E-state index contributed by atoms with van der Waals surface area (Å²) in [6, 6.07) is 23.7. The van der Waals surface area contributed by atoms with Crippen molar-refractivity contribution in [1.29, 1.82) is 0 Å². The molecule has 2 N–H and O–H groups in total. The molecule has 5 aromatic rings. The third kappa shape index (κ3) is 7.03. The van der Waals surface area contributed by atoms with Crippen LogP contribution in [-0.4, -0.2) is 71.1 Å². The van der Waals surface area contributed by atoms with Gasteiger partial charge < -0.3 is 24.4 Å². The Kier molecular flexibility index (Phi) is 8.86. The number of hydrogen-bond donors (Lipinski definition) is 2. The van der Waals surface area contributed by atoms with Crippen LogP contribution in [-0.2, 0) is 20.9 Å². The van der Waals surface area contributed by atoms with Crippen molar-refractivity contribution in [2.45, 2.75) is 44.3 Å². The maximum Gasteiger partial charge on any atom is 0.255 e. The Balaban J connectivity index is 0.777. The molecule has 11 nitrogen and oxygen atoms in total. The molecule has 1 atom stereocenters. The van der Waals surface area contributed by atoms with Crippen LogP contribution in [0.25, 0.3) is 31.9 Å². The second kappa shape index (κ2) is 13.9. The summed E-state index contributed by atoms with van der Waals surface area (Å²) >= 11 is 1.63. The van der Waals surface area contributed by atoms with Crippen molar-refractivity contribution in [1.82, 2.24) is 20.2 Å². The van der Waals surface area contributed by atoms with Crippen LogP contribution in [0.2, 0.25) is 0 Å². The van der Waals surface area contributed by atoms with E-state index in [2.05, 4.69) is 45.9 Å². The van der Waals surface area contributed by atoms with Crippen molar-refractivity contribution in [3.05, 3.63) is 90.1 Å². The van der Waals surface area contributed by atoms with E-state index in [-0.39, 0.29) is 18.2 Å². The second-order valence-corrected chi connectivity index (χ2v) is 13.6. The van der Waals surface area contributed by atoms with Crippen LogP contribution in [0.3, 0.4) is 0 Å². The minimum absolute atomic E-state index is 0.207. The maximum atomic E-state index is 12.9. The van der Waals surface area contributed by atoms with Crippen LogP contribution in [0.1, 0.15) is 41.6 Å². The molecule has 2 aromatic heterocycles. The number of amides is 3. The highest BCUT2D eigenvalue weighted by atomic mass is 32.1. The molecule has 3 aliphatic rings. The van der Waals surface area contributed by atoms with Crippen LogP contribution >= 0.6 is 11.3 Å². The molecule has 254 valence electrons. The Bertz CT molecular complexity index is 2060. The van der Waals surface area contributed by atoms with Gasteiger partial charge >= 0.3 is 0 Å². The number of imide groups is 1. The first-order chi connectivity index (χ1) is 24.5. The number of rotatable bonds is 13. The first-order valence-electron chi connectivity index (χ1n) is 16.8. The average Bonchev–Trinajstić information content (AvgIpc) is 3.75. The Hall–Kier alpha value is -5.33. The fraction of sp³-hybridized carbons (Fsp3) is 0.289. The SMILES string of the molecule is O=C1CCC(N2Cc3cc(OCCOCCOc4ccc5nc(-c6ccc(-c7ccc(NC8CC8)nc7)cc6)sc5c4)ccc3C2=O)C(=O)N1. The number of nitrogens with one attached hydrogen (secondary N) is 2. The zero-order valence-electron chi connectivity index (χ0n) is 27.2. The van der Waals surface area contributed by atoms with Crippen LogP contribution in [0.5, 0.6) is 11.5 Å². The summed E-state index contributed by atoms with van der Waals surface area (Å²) in [6.45, 7) is 1.80. The van der Waals surface area contributed by atoms with E-state index in [4.69, 9.17) is 19.2 Å². The Morgan fingerprint density at radius 2 is 1.56 bits per heavy atom. The standard InChI is InChI=1S/C38H35N5O6S/c44-35-14-12-32(36(45)42-35)43-22-26-19-28(8-10-30(26)38(43)46)48-17-15-47-16-18-49-29-9-11-31-33(20-29)50-37(41-31)24-3-1-23(2-4-24)25-5-13-34(39-21-25)40-27-6-7-27/h1-5,8-11,13,19-21,27,32H,6-7,12,14-18,22H2,(H,39,40)(H,42,44,45). The first-order valence-corrected chi connectivity index (χ1v) is 17.6. The number of carbonyl (C=O) groups is 3. The number of benzene rings is 3. The van der Waals surface area contributed by atoms with Gasteiger partial charge in [-0.2, -0.15) is 0 Å². The third-order valence-corrected chi connectivity index (χ3v) is 10.1. The van der Waals surface area contributed by atoms with Gasteiger partial charge in [-0.3, -0.25) is 19.7 Å². The number of thiazole rings is 1. The van der Waals surface area contributed by atoms with E-state index in [0.29, 0.717) is 56.7 Å². The fourth-order valence-electron chi connectivity index (χ4n) is 6.19. The highest BCUT2D eigenvalue weighted by Crippen LogP contribution is 2.34. The van der Waals surface area contributed by atoms with E-state index in [0.717, 1.165) is 49.0 Å². The molecule has 1 unspecified atom stereocenters. The monoisotopic (exact) mass is 689 g/mol. The zero-order valence-corrected chi connectivity index (χ0v) is 28.0. The summed E-state index contributed by atoms with van der Waals surface area (Å²) in [7, 11) is 0. The molecule has 2 aliphatic heterocycles. The average molecular weight is 690 g/mol. The van der Waals surface area contributed by atoms with Gasteiger partial charge in [0.05, 0.1) is 23.4 Å². The smallest absolute Gasteiger partial charge is 0.255 e. The summed E-state index contributed by atoms with van der Waals surface area (Å²) in [6.07, 6.45) is 4.92. The quantitative estimate of drug-likeness (QED) is 0.116. The van der Waals surface area contributed by atoms with Gasteiger partial charge in [-0.15, -0.1) is 11.3 Å². The predicted octanol–water partition coefficient (Wildman–Crippen LogP) is 5.84. The number of aromatic nitrogens is 2. The molecule has 4 heterocycles. The van der Waals surface area contributed by atoms with Gasteiger partial charge in [-0.1, -0.05) is 24.3 Å². The summed E-state index contributed by atoms with van der Waals surface area (Å²) in [5.74, 6) is 1.38. The molecule has 0 bridgehead atoms. The largest absolute Gasteiger partial charge is 0.491 e. The van der Waals surface area contributed by atoms with Gasteiger partial charge in [0, 0.05) is 41.9 Å². The van der Waals surface area contributed by atoms with Gasteiger partial charge in [0.15, 0.2) is 0 Å². The molecule has 0 spiro atoms. The molecule has 2 fully saturated rings. The van der Waals surface area contributed by atoms with Gasteiger partial charge in [0.1, 0.15) is 41.6 Å². The summed E-state index contributed by atoms with van der Waals surface area (Å²) in [5.41, 5.74) is 5.54. The Morgan fingerprint density at radius 1 is 0.820 bits per heavy atom. The van der Waals surface area contributed by atoms with Gasteiger partial charge in [0.25, 0.3) is 5.91 Å². The van der Waals surface area contributed by atoms with Crippen LogP contribution in [0, 0.1) is 0 Å². The van der Waals surface area contributed by atoms with Crippen LogP contribution in [0.4, 0.5) is 5.82 Å². The number of carbonyl (C=O) groups excluding carboxylic acids is 3. The second-order valence-electron chi connectivity index (χ2n) is 12.6. The van der Waals surface area contributed by atoms with E-state index >= 15 is 0 Å². The summed E-state index contributed by atoms with van der Waals surface area (Å²) in [4.78, 5) is 47.6. The Labute approximate surface area is 292 Å². The van der Waals surface area contributed by atoms with Crippen LogP contribution < -0.4 is 20.1 Å². The van der Waals surface area contributed by atoms with Gasteiger partial charge in [0.2, 0.25) is 11.8 Å². The predicted molar refractivity (Wildman–Crippen MR) is 189 cm³/mol. The lowest BCUT2D eigenvalue weighted by Gasteiger charge is -2.29. The minimum Gasteiger partial charge on any atom is -0.491 e. The number of pyridine rings is 1. The van der Waals surface area contributed by atoms with E-state index in [9.17, 15) is 14.4 Å². The highest BCUT2D eigenvalue weighted by molar-refractivity contribution is 7.21. The van der Waals surface area contributed by atoms with E-state index in [1.165, 1.54) is 17.7 Å².